The first-order valence-electron chi connectivity index (χ1n) is 8.57. The first-order chi connectivity index (χ1) is 12.0. The van der Waals surface area contributed by atoms with Crippen molar-refractivity contribution >= 4 is 11.7 Å². The number of rotatable bonds is 4. The van der Waals surface area contributed by atoms with Gasteiger partial charge in [0.2, 0.25) is 0 Å². The molecule has 0 saturated heterocycles. The van der Waals surface area contributed by atoms with Crippen LogP contribution in [0.2, 0.25) is 0 Å². The van der Waals surface area contributed by atoms with Crippen molar-refractivity contribution in [1.29, 1.82) is 0 Å². The second kappa shape index (κ2) is 7.13. The highest BCUT2D eigenvalue weighted by atomic mass is 16.5. The third-order valence-electron chi connectivity index (χ3n) is 4.68. The van der Waals surface area contributed by atoms with Crippen molar-refractivity contribution in [2.75, 3.05) is 12.4 Å². The van der Waals surface area contributed by atoms with Crippen LogP contribution in [-0.2, 0) is 5.54 Å². The molecule has 1 aromatic heterocycles. The van der Waals surface area contributed by atoms with E-state index in [1.54, 1.807) is 14.0 Å². The maximum atomic E-state index is 12.6. The van der Waals surface area contributed by atoms with Gasteiger partial charge in [0, 0.05) is 5.69 Å². The number of benzene rings is 1. The topological polar surface area (TPSA) is 89.3 Å². The third-order valence-corrected chi connectivity index (χ3v) is 4.68. The fourth-order valence-electron chi connectivity index (χ4n) is 3.31. The van der Waals surface area contributed by atoms with Gasteiger partial charge < -0.3 is 19.9 Å². The van der Waals surface area contributed by atoms with Crippen molar-refractivity contribution < 1.29 is 14.1 Å². The molecule has 2 aromatic rings. The van der Waals surface area contributed by atoms with E-state index in [0.29, 0.717) is 11.7 Å². The summed E-state index contributed by atoms with van der Waals surface area (Å²) in [6.07, 6.45) is 4.77. The van der Waals surface area contributed by atoms with Gasteiger partial charge in [-0.15, -0.1) is 0 Å². The van der Waals surface area contributed by atoms with E-state index >= 15 is 0 Å². The molecule has 1 saturated carbocycles. The van der Waals surface area contributed by atoms with Crippen LogP contribution in [0.25, 0.3) is 0 Å². The molecule has 7 nitrogen and oxygen atoms in total. The second-order valence-corrected chi connectivity index (χ2v) is 6.55. The third kappa shape index (κ3) is 3.75. The average Bonchev–Trinajstić information content (AvgIpc) is 3.04. The van der Waals surface area contributed by atoms with E-state index in [-0.39, 0.29) is 6.03 Å². The molecule has 1 aliphatic rings. The summed E-state index contributed by atoms with van der Waals surface area (Å²) in [4.78, 5) is 17.0. The Balaban J connectivity index is 1.77. The van der Waals surface area contributed by atoms with E-state index in [4.69, 9.17) is 9.26 Å². The summed E-state index contributed by atoms with van der Waals surface area (Å²) >= 11 is 0. The van der Waals surface area contributed by atoms with Crippen LogP contribution in [0.4, 0.5) is 10.5 Å². The molecular formula is C18H24N4O3. The second-order valence-electron chi connectivity index (χ2n) is 6.55. The van der Waals surface area contributed by atoms with Gasteiger partial charge in [-0.3, -0.25) is 0 Å². The van der Waals surface area contributed by atoms with E-state index in [1.807, 2.05) is 25.1 Å². The molecule has 1 aliphatic carbocycles. The summed E-state index contributed by atoms with van der Waals surface area (Å²) in [6, 6.07) is 5.26. The molecule has 134 valence electrons. The van der Waals surface area contributed by atoms with Crippen LogP contribution in [0.15, 0.2) is 22.7 Å². The highest BCUT2D eigenvalue weighted by molar-refractivity contribution is 5.90. The highest BCUT2D eigenvalue weighted by Crippen LogP contribution is 2.36. The molecule has 0 unspecified atom stereocenters. The monoisotopic (exact) mass is 344 g/mol. The van der Waals surface area contributed by atoms with Gasteiger partial charge in [0.25, 0.3) is 5.89 Å². The number of urea groups is 1. The Hall–Kier alpha value is -2.57. The summed E-state index contributed by atoms with van der Waals surface area (Å²) in [5, 5.41) is 9.89. The predicted molar refractivity (Wildman–Crippen MR) is 93.7 cm³/mol. The van der Waals surface area contributed by atoms with Gasteiger partial charge in [-0.25, -0.2) is 4.79 Å². The number of methoxy groups -OCH3 is 1. The summed E-state index contributed by atoms with van der Waals surface area (Å²) in [5.74, 6) is 1.83. The molecule has 0 spiro atoms. The quantitative estimate of drug-likeness (QED) is 0.883. The molecule has 7 heteroatoms. The van der Waals surface area contributed by atoms with Gasteiger partial charge in [0.15, 0.2) is 5.82 Å². The lowest BCUT2D eigenvalue weighted by Crippen LogP contribution is -2.49. The first-order valence-corrected chi connectivity index (χ1v) is 8.57. The maximum absolute atomic E-state index is 12.6. The van der Waals surface area contributed by atoms with Crippen LogP contribution in [0, 0.1) is 13.8 Å². The molecule has 2 amide bonds. The molecular weight excluding hydrogens is 320 g/mol. The summed E-state index contributed by atoms with van der Waals surface area (Å²) in [6.45, 7) is 3.71. The van der Waals surface area contributed by atoms with Gasteiger partial charge >= 0.3 is 6.03 Å². The molecule has 2 N–H and O–H groups in total. The van der Waals surface area contributed by atoms with E-state index in [2.05, 4.69) is 20.8 Å². The molecule has 0 aliphatic heterocycles. The lowest BCUT2D eigenvalue weighted by Gasteiger charge is -2.34. The first kappa shape index (κ1) is 17.3. The Bertz CT molecular complexity index is 751. The Kier molecular flexibility index (Phi) is 4.92. The highest BCUT2D eigenvalue weighted by Gasteiger charge is 2.40. The fourth-order valence-corrected chi connectivity index (χ4v) is 3.31. The molecule has 1 heterocycles. The minimum atomic E-state index is -0.593. The van der Waals surface area contributed by atoms with E-state index in [9.17, 15) is 4.79 Å². The number of nitrogens with one attached hydrogen (secondary N) is 2. The van der Waals surface area contributed by atoms with Gasteiger partial charge in [0.05, 0.1) is 7.11 Å². The smallest absolute Gasteiger partial charge is 0.320 e. The van der Waals surface area contributed by atoms with Gasteiger partial charge in [-0.1, -0.05) is 24.4 Å². The molecule has 0 atom stereocenters. The van der Waals surface area contributed by atoms with Crippen LogP contribution < -0.4 is 15.4 Å². The molecule has 1 aromatic carbocycles. The van der Waals surface area contributed by atoms with Gasteiger partial charge in [0.1, 0.15) is 11.3 Å². The summed E-state index contributed by atoms with van der Waals surface area (Å²) < 4.78 is 10.6. The molecule has 0 bridgehead atoms. The largest absolute Gasteiger partial charge is 0.497 e. The number of nitrogens with zero attached hydrogens (tertiary/aromatic N) is 2. The zero-order chi connectivity index (χ0) is 17.9. The Morgan fingerprint density at radius 1 is 1.24 bits per heavy atom. The minimum Gasteiger partial charge on any atom is -0.497 e. The Morgan fingerprint density at radius 2 is 2.00 bits per heavy atom. The number of aromatic nitrogens is 2. The SMILES string of the molecule is COc1ccc(NC(=O)NC2(c3nc(C)no3)CCCCC2)c(C)c1. The van der Waals surface area contributed by atoms with Gasteiger partial charge in [-0.2, -0.15) is 4.98 Å². The van der Waals surface area contributed by atoms with Crippen LogP contribution in [0.5, 0.6) is 5.75 Å². The number of carbonyl (C=O) groups is 1. The van der Waals surface area contributed by atoms with Crippen molar-refractivity contribution in [3.63, 3.8) is 0 Å². The normalized spacial score (nSPS) is 16.3. The lowest BCUT2D eigenvalue weighted by molar-refractivity contribution is 0.173. The Labute approximate surface area is 147 Å². The number of carbonyl (C=O) groups excluding carboxylic acids is 1. The molecule has 1 fully saturated rings. The predicted octanol–water partition coefficient (Wildman–Crippen LogP) is 3.68. The summed E-state index contributed by atoms with van der Waals surface area (Å²) in [5.41, 5.74) is 1.08. The molecule has 3 rings (SSSR count). The zero-order valence-corrected chi connectivity index (χ0v) is 14.9. The zero-order valence-electron chi connectivity index (χ0n) is 14.9. The van der Waals surface area contributed by atoms with Crippen LogP contribution in [0.1, 0.15) is 49.4 Å². The summed E-state index contributed by atoms with van der Waals surface area (Å²) in [7, 11) is 1.62. The van der Waals surface area contributed by atoms with Crippen molar-refractivity contribution in [2.45, 2.75) is 51.5 Å². The van der Waals surface area contributed by atoms with Crippen molar-refractivity contribution in [3.05, 3.63) is 35.5 Å². The lowest BCUT2D eigenvalue weighted by atomic mass is 9.81. The fraction of sp³-hybridized carbons (Fsp3) is 0.500. The van der Waals surface area contributed by atoms with Crippen LogP contribution in [0.3, 0.4) is 0 Å². The molecule has 25 heavy (non-hydrogen) atoms. The number of anilines is 1. The number of aryl methyl sites for hydroxylation is 2. The maximum Gasteiger partial charge on any atom is 0.320 e. The van der Waals surface area contributed by atoms with Crippen LogP contribution in [-0.4, -0.2) is 23.3 Å². The number of amides is 2. The molecule has 0 radical (unpaired) electrons. The minimum absolute atomic E-state index is 0.272. The standard InChI is InChI=1S/C18H24N4O3/c1-12-11-14(24-3)7-8-15(12)20-17(23)21-18(9-5-4-6-10-18)16-19-13(2)22-25-16/h7-8,11H,4-6,9-10H2,1-3H3,(H2,20,21,23). The Morgan fingerprint density at radius 3 is 2.60 bits per heavy atom. The average molecular weight is 344 g/mol. The number of hydrogen-bond acceptors (Lipinski definition) is 5. The van der Waals surface area contributed by atoms with E-state index < -0.39 is 5.54 Å². The number of hydrogen-bond donors (Lipinski definition) is 2. The van der Waals surface area contributed by atoms with Crippen molar-refractivity contribution in [2.24, 2.45) is 0 Å². The van der Waals surface area contributed by atoms with E-state index in [1.165, 1.54) is 0 Å². The van der Waals surface area contributed by atoms with Gasteiger partial charge in [-0.05, 0) is 50.5 Å². The van der Waals surface area contributed by atoms with Crippen molar-refractivity contribution in [1.82, 2.24) is 15.5 Å². The van der Waals surface area contributed by atoms with E-state index in [0.717, 1.165) is 49.1 Å². The van der Waals surface area contributed by atoms with Crippen molar-refractivity contribution in [3.8, 4) is 5.75 Å². The van der Waals surface area contributed by atoms with Crippen LogP contribution >= 0.6 is 0 Å². The number of ether oxygens (including phenoxy) is 1.